The summed E-state index contributed by atoms with van der Waals surface area (Å²) in [6.45, 7) is 1.73. The molecule has 3 heterocycles. The highest BCUT2D eigenvalue weighted by Gasteiger charge is 2.68. The molecule has 0 unspecified atom stereocenters. The van der Waals surface area contributed by atoms with Crippen LogP contribution in [0.25, 0.3) is 0 Å². The van der Waals surface area contributed by atoms with Crippen LogP contribution in [0.15, 0.2) is 72.3 Å². The number of hydrogen-bond acceptors (Lipinski definition) is 8. The van der Waals surface area contributed by atoms with Gasteiger partial charge < -0.3 is 9.84 Å². The summed E-state index contributed by atoms with van der Waals surface area (Å²) in [6, 6.07) is 14.7. The molecule has 4 aliphatic rings. The predicted molar refractivity (Wildman–Crippen MR) is 170 cm³/mol. The third kappa shape index (κ3) is 4.72. The summed E-state index contributed by atoms with van der Waals surface area (Å²) in [5.41, 5.74) is -1.01. The van der Waals surface area contributed by atoms with E-state index in [0.717, 1.165) is 16.1 Å². The van der Waals surface area contributed by atoms with E-state index in [2.05, 4.69) is 4.98 Å². The van der Waals surface area contributed by atoms with Crippen LogP contribution in [0, 0.1) is 29.1 Å². The zero-order valence-corrected chi connectivity index (χ0v) is 27.2. The number of carbonyl (C=O) groups excluding carboxylic acids is 4. The third-order valence-electron chi connectivity index (χ3n) is 10.5. The molecule has 1 aromatic heterocycles. The number of ether oxygens (including phenoxy) is 1. The van der Waals surface area contributed by atoms with Crippen molar-refractivity contribution < 1.29 is 42.2 Å². The van der Waals surface area contributed by atoms with Gasteiger partial charge in [-0.3, -0.25) is 24.2 Å². The average Bonchev–Trinajstić information content (AvgIpc) is 3.44. The van der Waals surface area contributed by atoms with Crippen LogP contribution in [0.3, 0.4) is 0 Å². The molecule has 14 heteroatoms. The molecule has 1 N–H and O–H groups in total. The minimum Gasteiger partial charge on any atom is -0.508 e. The van der Waals surface area contributed by atoms with Gasteiger partial charge in [0.25, 0.3) is 11.8 Å². The number of halogens is 4. The van der Waals surface area contributed by atoms with Gasteiger partial charge in [-0.25, -0.2) is 9.88 Å². The van der Waals surface area contributed by atoms with E-state index in [1.807, 2.05) is 6.08 Å². The van der Waals surface area contributed by atoms with E-state index in [-0.39, 0.29) is 29.4 Å². The molecule has 1 saturated carbocycles. The molecule has 0 bridgehead atoms. The summed E-state index contributed by atoms with van der Waals surface area (Å²) in [5, 5.41) is 11.8. The maximum absolute atomic E-state index is 14.5. The molecule has 254 valence electrons. The van der Waals surface area contributed by atoms with E-state index in [4.69, 9.17) is 16.3 Å². The van der Waals surface area contributed by atoms with E-state index >= 15 is 0 Å². The number of phenolic OH excluding ortho intramolecular Hbond substituents is 1. The normalized spacial score (nSPS) is 27.9. The first-order valence-corrected chi connectivity index (χ1v) is 15.9. The lowest BCUT2D eigenvalue weighted by atomic mass is 9.51. The number of phenols is 1. The Morgan fingerprint density at radius 1 is 1.00 bits per heavy atom. The molecule has 7 rings (SSSR count). The van der Waals surface area contributed by atoms with Crippen molar-refractivity contribution in [1.82, 2.24) is 9.99 Å². The Balaban J connectivity index is 1.34. The zero-order valence-electron chi connectivity index (χ0n) is 26.4. The Kier molecular flexibility index (Phi) is 7.54. The number of anilines is 2. The van der Waals surface area contributed by atoms with Gasteiger partial charge in [-0.2, -0.15) is 18.2 Å². The number of hydrazine groups is 1. The summed E-state index contributed by atoms with van der Waals surface area (Å²) >= 11 is 6.24. The maximum atomic E-state index is 14.5. The number of hydrogen-bond donors (Lipinski definition) is 1. The number of para-hydroxylation sites is 1. The second-order valence-electron chi connectivity index (χ2n) is 12.9. The van der Waals surface area contributed by atoms with Crippen molar-refractivity contribution in [2.75, 3.05) is 24.1 Å². The first kappa shape index (κ1) is 32.6. The smallest absolute Gasteiger partial charge is 0.433 e. The van der Waals surface area contributed by atoms with E-state index < -0.39 is 76.3 Å². The zero-order chi connectivity index (χ0) is 35.2. The van der Waals surface area contributed by atoms with Crippen LogP contribution in [0.2, 0.25) is 5.02 Å². The van der Waals surface area contributed by atoms with Gasteiger partial charge in [-0.15, -0.1) is 0 Å². The Morgan fingerprint density at radius 3 is 2.39 bits per heavy atom. The standard InChI is InChI=1S/C35H30ClF3N4O6/c1-34-23(31(46)42(33(34)48)17-7-5-4-6-8-17)16-22-19(28(34)20-10-9-18(44)15-25(20)49-3)11-12-21-27(22)32(47)43(30(21)45)41(2)29-24(36)13-14-26(40-29)35(37,38)39/h4-11,13-15,21-23,27-28,44H,12,16H2,1-3H3/t21-,22+,23-,27-,28+,34+/m0/s1. The molecule has 2 saturated heterocycles. The molecule has 10 nitrogen and oxygen atoms in total. The Hall–Kier alpha value is -4.91. The highest BCUT2D eigenvalue weighted by Crippen LogP contribution is 2.64. The van der Waals surface area contributed by atoms with Crippen molar-refractivity contribution in [3.8, 4) is 11.5 Å². The SMILES string of the molecule is COc1cc(O)ccc1[C@H]1C2=CC[C@@H]3C(=O)N(N(C)c4nc(C(F)(F)F)ccc4Cl)C(=O)[C@@H]3[C@@H]2C[C@H]2C(=O)N(c3ccccc3)C(=O)[C@@]12C. The Labute approximate surface area is 283 Å². The minimum absolute atomic E-state index is 0.0629. The number of rotatable bonds is 5. The third-order valence-corrected chi connectivity index (χ3v) is 10.8. The van der Waals surface area contributed by atoms with Gasteiger partial charge in [0.05, 0.1) is 41.0 Å². The van der Waals surface area contributed by atoms with E-state index in [0.29, 0.717) is 22.9 Å². The van der Waals surface area contributed by atoms with Gasteiger partial charge in [-0.1, -0.05) is 47.5 Å². The molecule has 49 heavy (non-hydrogen) atoms. The van der Waals surface area contributed by atoms with Crippen molar-refractivity contribution in [3.05, 3.63) is 88.6 Å². The fourth-order valence-corrected chi connectivity index (χ4v) is 8.54. The molecule has 4 amide bonds. The fourth-order valence-electron chi connectivity index (χ4n) is 8.31. The number of pyridine rings is 1. The number of fused-ring (bicyclic) bond motifs is 4. The Morgan fingerprint density at radius 2 is 1.71 bits per heavy atom. The van der Waals surface area contributed by atoms with Crippen molar-refractivity contribution in [1.29, 1.82) is 0 Å². The molecule has 3 fully saturated rings. The number of aromatic hydroxyl groups is 1. The van der Waals surface area contributed by atoms with Gasteiger partial charge in [0.15, 0.2) is 5.82 Å². The molecule has 0 radical (unpaired) electrons. The van der Waals surface area contributed by atoms with Crippen molar-refractivity contribution in [2.24, 2.45) is 29.1 Å². The van der Waals surface area contributed by atoms with Gasteiger partial charge in [0.2, 0.25) is 11.8 Å². The largest absolute Gasteiger partial charge is 0.508 e. The van der Waals surface area contributed by atoms with E-state index in [1.54, 1.807) is 43.3 Å². The molecular weight excluding hydrogens is 665 g/mol. The molecule has 2 aliphatic heterocycles. The van der Waals surface area contributed by atoms with Crippen LogP contribution >= 0.6 is 11.6 Å². The quantitative estimate of drug-likeness (QED) is 0.265. The van der Waals surface area contributed by atoms with Crippen LogP contribution in [-0.2, 0) is 25.4 Å². The van der Waals surface area contributed by atoms with E-state index in [1.165, 1.54) is 31.2 Å². The van der Waals surface area contributed by atoms with Crippen LogP contribution < -0.4 is 14.6 Å². The average molecular weight is 695 g/mol. The second-order valence-corrected chi connectivity index (χ2v) is 13.3. The lowest BCUT2D eigenvalue weighted by Crippen LogP contribution is -2.49. The highest BCUT2D eigenvalue weighted by molar-refractivity contribution is 6.33. The molecule has 3 aromatic rings. The molecular formula is C35H30ClF3N4O6. The summed E-state index contributed by atoms with van der Waals surface area (Å²) in [7, 11) is 2.66. The second kappa shape index (κ2) is 11.3. The Bertz CT molecular complexity index is 1950. The van der Waals surface area contributed by atoms with Gasteiger partial charge in [0.1, 0.15) is 17.2 Å². The molecule has 2 aliphatic carbocycles. The number of methoxy groups -OCH3 is 1. The summed E-state index contributed by atoms with van der Waals surface area (Å²) in [6.07, 6.45) is -2.81. The number of benzene rings is 2. The summed E-state index contributed by atoms with van der Waals surface area (Å²) in [4.78, 5) is 61.9. The molecule has 6 atom stereocenters. The maximum Gasteiger partial charge on any atom is 0.433 e. The van der Waals surface area contributed by atoms with Gasteiger partial charge in [-0.05, 0) is 56.0 Å². The van der Waals surface area contributed by atoms with Crippen molar-refractivity contribution in [3.63, 3.8) is 0 Å². The first-order valence-electron chi connectivity index (χ1n) is 15.6. The summed E-state index contributed by atoms with van der Waals surface area (Å²) in [5.74, 6) is -6.75. The number of allylic oxidation sites excluding steroid dienone is 2. The van der Waals surface area contributed by atoms with Gasteiger partial charge in [0, 0.05) is 24.6 Å². The topological polar surface area (TPSA) is 120 Å². The van der Waals surface area contributed by atoms with Crippen LogP contribution in [0.5, 0.6) is 11.5 Å². The van der Waals surface area contributed by atoms with Crippen LogP contribution in [-0.4, -0.2) is 52.9 Å². The first-order chi connectivity index (χ1) is 23.2. The lowest BCUT2D eigenvalue weighted by molar-refractivity contribution is -0.141. The minimum atomic E-state index is -4.80. The van der Waals surface area contributed by atoms with Crippen molar-refractivity contribution >= 4 is 46.7 Å². The molecule has 0 spiro atoms. The predicted octanol–water partition coefficient (Wildman–Crippen LogP) is 5.75. The highest BCUT2D eigenvalue weighted by atomic mass is 35.5. The molecule has 2 aromatic carbocycles. The number of amides is 4. The number of aromatic nitrogens is 1. The lowest BCUT2D eigenvalue weighted by Gasteiger charge is -2.49. The van der Waals surface area contributed by atoms with Crippen LogP contribution in [0.1, 0.15) is 36.9 Å². The number of alkyl halides is 3. The van der Waals surface area contributed by atoms with Crippen LogP contribution in [0.4, 0.5) is 24.7 Å². The summed E-state index contributed by atoms with van der Waals surface area (Å²) < 4.78 is 46.3. The number of carbonyl (C=O) groups is 4. The fraction of sp³-hybridized carbons (Fsp3) is 0.343. The number of imide groups is 2. The monoisotopic (exact) mass is 694 g/mol. The van der Waals surface area contributed by atoms with Crippen molar-refractivity contribution in [2.45, 2.75) is 31.9 Å². The number of nitrogens with zero attached hydrogens (tertiary/aromatic N) is 4. The van der Waals surface area contributed by atoms with E-state index in [9.17, 15) is 37.5 Å². The van der Waals surface area contributed by atoms with Gasteiger partial charge >= 0.3 is 6.18 Å².